The standard InChI is InChI=1S/C9H8N4O2S/c1-5-6(2-3-16-5)7-8(13(14)15)9(10)12-4-11-7/h2-4H,1H3,(H2,10,11,12). The summed E-state index contributed by atoms with van der Waals surface area (Å²) in [6.07, 6.45) is 1.23. The highest BCUT2D eigenvalue weighted by molar-refractivity contribution is 7.10. The number of nitrogens with two attached hydrogens (primary N) is 1. The summed E-state index contributed by atoms with van der Waals surface area (Å²) in [4.78, 5) is 18.9. The molecule has 0 aromatic carbocycles. The average molecular weight is 236 g/mol. The monoisotopic (exact) mass is 236 g/mol. The van der Waals surface area contributed by atoms with E-state index in [1.165, 1.54) is 17.7 Å². The maximum Gasteiger partial charge on any atom is 0.337 e. The molecule has 6 nitrogen and oxygen atoms in total. The van der Waals surface area contributed by atoms with Gasteiger partial charge in [0.25, 0.3) is 0 Å². The number of aryl methyl sites for hydroxylation is 1. The molecule has 0 fully saturated rings. The molecule has 0 spiro atoms. The zero-order valence-electron chi connectivity index (χ0n) is 8.38. The molecule has 2 aromatic heterocycles. The Morgan fingerprint density at radius 1 is 1.50 bits per heavy atom. The fourth-order valence-corrected chi connectivity index (χ4v) is 2.10. The van der Waals surface area contributed by atoms with E-state index in [0.717, 1.165) is 10.4 Å². The Balaban J connectivity index is 2.70. The first-order chi connectivity index (χ1) is 7.61. The molecule has 0 amide bonds. The number of hydrogen-bond donors (Lipinski definition) is 1. The first-order valence-electron chi connectivity index (χ1n) is 4.40. The van der Waals surface area contributed by atoms with Gasteiger partial charge in [0.15, 0.2) is 5.69 Å². The lowest BCUT2D eigenvalue weighted by atomic mass is 10.1. The van der Waals surface area contributed by atoms with Gasteiger partial charge in [0.2, 0.25) is 5.82 Å². The van der Waals surface area contributed by atoms with E-state index in [0.29, 0.717) is 0 Å². The van der Waals surface area contributed by atoms with Crippen molar-refractivity contribution in [2.75, 3.05) is 5.73 Å². The number of nitrogens with zero attached hydrogens (tertiary/aromatic N) is 3. The number of anilines is 1. The lowest BCUT2D eigenvalue weighted by Gasteiger charge is -2.02. The molecule has 0 aliphatic rings. The number of aromatic nitrogens is 2. The topological polar surface area (TPSA) is 94.9 Å². The van der Waals surface area contributed by atoms with Crippen LogP contribution in [0.4, 0.5) is 11.5 Å². The van der Waals surface area contributed by atoms with Crippen LogP contribution in [0, 0.1) is 17.0 Å². The number of nitro groups is 1. The van der Waals surface area contributed by atoms with Gasteiger partial charge < -0.3 is 5.73 Å². The molecule has 0 atom stereocenters. The highest BCUT2D eigenvalue weighted by Gasteiger charge is 2.23. The van der Waals surface area contributed by atoms with E-state index in [1.807, 2.05) is 12.3 Å². The van der Waals surface area contributed by atoms with Gasteiger partial charge in [0.05, 0.1) is 4.92 Å². The Morgan fingerprint density at radius 3 is 2.81 bits per heavy atom. The summed E-state index contributed by atoms with van der Waals surface area (Å²) >= 11 is 1.50. The molecule has 0 bridgehead atoms. The molecule has 0 saturated heterocycles. The van der Waals surface area contributed by atoms with E-state index in [4.69, 9.17) is 5.73 Å². The van der Waals surface area contributed by atoms with Crippen molar-refractivity contribution >= 4 is 22.8 Å². The van der Waals surface area contributed by atoms with Crippen molar-refractivity contribution in [3.8, 4) is 11.3 Å². The first-order valence-corrected chi connectivity index (χ1v) is 5.28. The maximum atomic E-state index is 10.9. The zero-order chi connectivity index (χ0) is 11.7. The molecule has 0 aliphatic carbocycles. The zero-order valence-corrected chi connectivity index (χ0v) is 9.19. The van der Waals surface area contributed by atoms with Gasteiger partial charge in [-0.1, -0.05) is 0 Å². The van der Waals surface area contributed by atoms with Gasteiger partial charge in [-0.25, -0.2) is 9.97 Å². The van der Waals surface area contributed by atoms with Crippen LogP contribution in [0.5, 0.6) is 0 Å². The van der Waals surface area contributed by atoms with Crippen LogP contribution in [0.25, 0.3) is 11.3 Å². The molecule has 0 aliphatic heterocycles. The molecule has 2 aromatic rings. The van der Waals surface area contributed by atoms with Crippen LogP contribution in [-0.4, -0.2) is 14.9 Å². The van der Waals surface area contributed by atoms with Crippen LogP contribution >= 0.6 is 11.3 Å². The summed E-state index contributed by atoms with van der Waals surface area (Å²) in [6.45, 7) is 1.88. The fraction of sp³-hybridized carbons (Fsp3) is 0.111. The van der Waals surface area contributed by atoms with Crippen LogP contribution in [0.15, 0.2) is 17.8 Å². The third-order valence-electron chi connectivity index (χ3n) is 2.15. The fourth-order valence-electron chi connectivity index (χ4n) is 1.40. The molecule has 2 N–H and O–H groups in total. The van der Waals surface area contributed by atoms with Crippen LogP contribution in [0.1, 0.15) is 4.88 Å². The summed E-state index contributed by atoms with van der Waals surface area (Å²) in [5.41, 5.74) is 6.26. The second-order valence-corrected chi connectivity index (χ2v) is 4.22. The van der Waals surface area contributed by atoms with Crippen molar-refractivity contribution in [1.29, 1.82) is 0 Å². The highest BCUT2D eigenvalue weighted by atomic mass is 32.1. The van der Waals surface area contributed by atoms with E-state index in [2.05, 4.69) is 9.97 Å². The Labute approximate surface area is 94.9 Å². The lowest BCUT2D eigenvalue weighted by molar-refractivity contribution is -0.383. The summed E-state index contributed by atoms with van der Waals surface area (Å²) in [6, 6.07) is 1.79. The van der Waals surface area contributed by atoms with Crippen molar-refractivity contribution in [2.24, 2.45) is 0 Å². The molecular formula is C9H8N4O2S. The summed E-state index contributed by atoms with van der Waals surface area (Å²) < 4.78 is 0. The van der Waals surface area contributed by atoms with Gasteiger partial charge >= 0.3 is 5.69 Å². The Kier molecular flexibility index (Phi) is 2.53. The molecule has 82 valence electrons. The van der Waals surface area contributed by atoms with Gasteiger partial charge in [-0.3, -0.25) is 10.1 Å². The highest BCUT2D eigenvalue weighted by Crippen LogP contribution is 2.34. The van der Waals surface area contributed by atoms with Gasteiger partial charge in [-0.15, -0.1) is 11.3 Å². The normalized spacial score (nSPS) is 10.3. The molecule has 7 heteroatoms. The number of thiophene rings is 1. The number of hydrogen-bond acceptors (Lipinski definition) is 6. The Morgan fingerprint density at radius 2 is 2.25 bits per heavy atom. The second kappa shape index (κ2) is 3.86. The van der Waals surface area contributed by atoms with Gasteiger partial charge in [0, 0.05) is 10.4 Å². The van der Waals surface area contributed by atoms with Crippen LogP contribution in [-0.2, 0) is 0 Å². The third kappa shape index (κ3) is 1.61. The predicted octanol–water partition coefficient (Wildman–Crippen LogP) is 2.00. The quantitative estimate of drug-likeness (QED) is 0.635. The van der Waals surface area contributed by atoms with Crippen molar-refractivity contribution in [3.05, 3.63) is 32.8 Å². The lowest BCUT2D eigenvalue weighted by Crippen LogP contribution is -2.02. The number of rotatable bonds is 2. The summed E-state index contributed by atoms with van der Waals surface area (Å²) in [7, 11) is 0. The van der Waals surface area contributed by atoms with Crippen LogP contribution in [0.3, 0.4) is 0 Å². The predicted molar refractivity (Wildman–Crippen MR) is 61.1 cm³/mol. The Hall–Kier alpha value is -2.02. The largest absolute Gasteiger partial charge is 0.378 e. The van der Waals surface area contributed by atoms with Crippen molar-refractivity contribution in [2.45, 2.75) is 6.92 Å². The van der Waals surface area contributed by atoms with E-state index in [9.17, 15) is 10.1 Å². The van der Waals surface area contributed by atoms with Gasteiger partial charge in [-0.2, -0.15) is 0 Å². The van der Waals surface area contributed by atoms with Crippen LogP contribution < -0.4 is 5.73 Å². The molecule has 0 radical (unpaired) electrons. The van der Waals surface area contributed by atoms with E-state index >= 15 is 0 Å². The molecule has 2 rings (SSSR count). The van der Waals surface area contributed by atoms with Crippen molar-refractivity contribution < 1.29 is 4.92 Å². The van der Waals surface area contributed by atoms with E-state index in [-0.39, 0.29) is 17.2 Å². The summed E-state index contributed by atoms with van der Waals surface area (Å²) in [5.74, 6) is -0.111. The van der Waals surface area contributed by atoms with Crippen molar-refractivity contribution in [3.63, 3.8) is 0 Å². The maximum absolute atomic E-state index is 10.9. The Bertz CT molecular complexity index is 552. The molecular weight excluding hydrogens is 228 g/mol. The smallest absolute Gasteiger partial charge is 0.337 e. The van der Waals surface area contributed by atoms with E-state index in [1.54, 1.807) is 6.07 Å². The molecule has 2 heterocycles. The van der Waals surface area contributed by atoms with Gasteiger partial charge in [-0.05, 0) is 18.4 Å². The van der Waals surface area contributed by atoms with Gasteiger partial charge in [0.1, 0.15) is 6.33 Å². The van der Waals surface area contributed by atoms with E-state index < -0.39 is 4.92 Å². The summed E-state index contributed by atoms with van der Waals surface area (Å²) in [5, 5.41) is 12.8. The molecule has 0 saturated carbocycles. The minimum Gasteiger partial charge on any atom is -0.378 e. The minimum atomic E-state index is -0.554. The third-order valence-corrected chi connectivity index (χ3v) is 2.99. The molecule has 0 unspecified atom stereocenters. The van der Waals surface area contributed by atoms with Crippen LogP contribution in [0.2, 0.25) is 0 Å². The SMILES string of the molecule is Cc1sccc1-c1ncnc(N)c1[N+](=O)[O-]. The minimum absolute atomic E-state index is 0.111. The first kappa shape index (κ1) is 10.5. The second-order valence-electron chi connectivity index (χ2n) is 3.10. The molecule has 16 heavy (non-hydrogen) atoms. The average Bonchev–Trinajstić information content (AvgIpc) is 2.63. The number of nitrogen functional groups attached to an aromatic ring is 1. The van der Waals surface area contributed by atoms with Crippen molar-refractivity contribution in [1.82, 2.24) is 9.97 Å².